The second kappa shape index (κ2) is 6.66. The second-order valence-corrected chi connectivity index (χ2v) is 6.66. The maximum Gasteiger partial charge on any atom is 0.223 e. The molecule has 22 heavy (non-hydrogen) atoms. The Morgan fingerprint density at radius 1 is 1.50 bits per heavy atom. The quantitative estimate of drug-likeness (QED) is 0.275. The standard InChI is InChI=1S/C14H22ClN5O2/c1-8(2)9-3-14(4-9,7-21)6-17-12-10(5-18-22)11(15)19-13(16)20-12/h5,8-9,21-22H,3-4,6-7H2,1-2H3,(H3,16,17,19,20)/b18-5-. The number of hydrogen-bond donors (Lipinski definition) is 4. The summed E-state index contributed by atoms with van der Waals surface area (Å²) in [6, 6.07) is 0. The first-order chi connectivity index (χ1) is 10.4. The summed E-state index contributed by atoms with van der Waals surface area (Å²) < 4.78 is 0. The van der Waals surface area contributed by atoms with Gasteiger partial charge in [0.05, 0.1) is 18.4 Å². The van der Waals surface area contributed by atoms with Crippen LogP contribution in [0.5, 0.6) is 0 Å². The van der Waals surface area contributed by atoms with Crippen LogP contribution in [-0.2, 0) is 0 Å². The number of aromatic nitrogens is 2. The smallest absolute Gasteiger partial charge is 0.223 e. The maximum atomic E-state index is 9.71. The van der Waals surface area contributed by atoms with Gasteiger partial charge in [0.2, 0.25) is 5.95 Å². The number of oxime groups is 1. The van der Waals surface area contributed by atoms with Crippen LogP contribution in [0, 0.1) is 17.3 Å². The van der Waals surface area contributed by atoms with E-state index in [1.807, 2.05) is 0 Å². The summed E-state index contributed by atoms with van der Waals surface area (Å²) in [4.78, 5) is 7.92. The predicted molar refractivity (Wildman–Crippen MR) is 86.4 cm³/mol. The van der Waals surface area contributed by atoms with Crippen LogP contribution < -0.4 is 11.1 Å². The number of rotatable bonds is 6. The number of halogens is 1. The SMILES string of the molecule is CC(C)C1CC(CO)(CNc2nc(N)nc(Cl)c2/C=N\O)C1. The van der Waals surface area contributed by atoms with Crippen LogP contribution >= 0.6 is 11.6 Å². The van der Waals surface area contributed by atoms with Gasteiger partial charge < -0.3 is 21.4 Å². The Balaban J connectivity index is 2.11. The Morgan fingerprint density at radius 3 is 2.73 bits per heavy atom. The Kier molecular flexibility index (Phi) is 5.08. The van der Waals surface area contributed by atoms with Crippen molar-refractivity contribution < 1.29 is 10.3 Å². The third-order valence-electron chi connectivity index (χ3n) is 4.40. The molecule has 0 spiro atoms. The highest BCUT2D eigenvalue weighted by Gasteiger charge is 2.44. The Bertz CT molecular complexity index is 558. The number of nitrogens with two attached hydrogens (primary N) is 1. The van der Waals surface area contributed by atoms with Crippen molar-refractivity contribution in [1.82, 2.24) is 9.97 Å². The molecule has 122 valence electrons. The molecule has 1 fully saturated rings. The molecule has 1 aromatic heterocycles. The number of aliphatic hydroxyl groups excluding tert-OH is 1. The number of anilines is 2. The van der Waals surface area contributed by atoms with E-state index in [0.29, 0.717) is 29.8 Å². The van der Waals surface area contributed by atoms with E-state index in [0.717, 1.165) is 19.1 Å². The molecule has 0 unspecified atom stereocenters. The zero-order chi connectivity index (χ0) is 16.3. The number of nitrogens with zero attached hydrogens (tertiary/aromatic N) is 3. The van der Waals surface area contributed by atoms with Gasteiger partial charge in [0.1, 0.15) is 11.0 Å². The van der Waals surface area contributed by atoms with Crippen molar-refractivity contribution in [3.63, 3.8) is 0 Å². The lowest BCUT2D eigenvalue weighted by atomic mass is 9.59. The Hall–Kier alpha value is -1.60. The molecule has 5 N–H and O–H groups in total. The van der Waals surface area contributed by atoms with E-state index in [1.165, 1.54) is 0 Å². The lowest BCUT2D eigenvalue weighted by Gasteiger charge is -2.48. The van der Waals surface area contributed by atoms with Crippen molar-refractivity contribution in [3.8, 4) is 0 Å². The van der Waals surface area contributed by atoms with Crippen molar-refractivity contribution in [2.75, 3.05) is 24.2 Å². The van der Waals surface area contributed by atoms with Gasteiger partial charge in [-0.25, -0.2) is 4.98 Å². The first kappa shape index (κ1) is 16.8. The van der Waals surface area contributed by atoms with Crippen LogP contribution in [-0.4, -0.2) is 39.6 Å². The molecule has 1 aliphatic carbocycles. The molecule has 0 aliphatic heterocycles. The van der Waals surface area contributed by atoms with Crippen LogP contribution in [0.25, 0.3) is 0 Å². The van der Waals surface area contributed by atoms with Crippen molar-refractivity contribution in [3.05, 3.63) is 10.7 Å². The number of nitrogen functional groups attached to an aromatic ring is 1. The third-order valence-corrected chi connectivity index (χ3v) is 4.69. The number of aliphatic hydroxyl groups is 1. The van der Waals surface area contributed by atoms with E-state index in [-0.39, 0.29) is 23.1 Å². The zero-order valence-corrected chi connectivity index (χ0v) is 13.5. The maximum absolute atomic E-state index is 9.71. The molecule has 8 heteroatoms. The van der Waals surface area contributed by atoms with E-state index in [4.69, 9.17) is 22.5 Å². The van der Waals surface area contributed by atoms with E-state index in [1.54, 1.807) is 0 Å². The highest BCUT2D eigenvalue weighted by atomic mass is 35.5. The average Bonchev–Trinajstić information content (AvgIpc) is 2.41. The minimum absolute atomic E-state index is 0.0364. The monoisotopic (exact) mass is 327 g/mol. The van der Waals surface area contributed by atoms with E-state index >= 15 is 0 Å². The molecule has 0 aromatic carbocycles. The summed E-state index contributed by atoms with van der Waals surface area (Å²) in [5.41, 5.74) is 5.81. The molecular formula is C14H22ClN5O2. The average molecular weight is 328 g/mol. The van der Waals surface area contributed by atoms with Crippen LogP contribution in [0.3, 0.4) is 0 Å². The van der Waals surface area contributed by atoms with Gasteiger partial charge in [-0.3, -0.25) is 0 Å². The van der Waals surface area contributed by atoms with Gasteiger partial charge in [-0.1, -0.05) is 30.6 Å². The van der Waals surface area contributed by atoms with E-state index in [2.05, 4.69) is 34.3 Å². The largest absolute Gasteiger partial charge is 0.411 e. The van der Waals surface area contributed by atoms with E-state index < -0.39 is 0 Å². The van der Waals surface area contributed by atoms with Crippen LogP contribution in [0.15, 0.2) is 5.16 Å². The summed E-state index contributed by atoms with van der Waals surface area (Å²) in [5, 5.41) is 24.7. The van der Waals surface area contributed by atoms with Gasteiger partial charge in [-0.05, 0) is 24.7 Å². The van der Waals surface area contributed by atoms with Crippen molar-refractivity contribution >= 4 is 29.6 Å². The molecule has 0 amide bonds. The molecule has 1 saturated carbocycles. The molecule has 1 aliphatic rings. The molecule has 7 nitrogen and oxygen atoms in total. The predicted octanol–water partition coefficient (Wildman–Crippen LogP) is 1.98. The third kappa shape index (κ3) is 3.41. The van der Waals surface area contributed by atoms with Crippen molar-refractivity contribution in [2.24, 2.45) is 22.4 Å². The minimum atomic E-state index is -0.158. The second-order valence-electron chi connectivity index (χ2n) is 6.30. The van der Waals surface area contributed by atoms with Gasteiger partial charge in [0.25, 0.3) is 0 Å². The van der Waals surface area contributed by atoms with Crippen LogP contribution in [0.1, 0.15) is 32.3 Å². The lowest BCUT2D eigenvalue weighted by molar-refractivity contribution is -0.0134. The number of hydrogen-bond acceptors (Lipinski definition) is 7. The Labute approximate surface area is 134 Å². The minimum Gasteiger partial charge on any atom is -0.411 e. The van der Waals surface area contributed by atoms with E-state index in [9.17, 15) is 5.11 Å². The lowest BCUT2D eigenvalue weighted by Crippen LogP contribution is -2.47. The molecule has 0 radical (unpaired) electrons. The van der Waals surface area contributed by atoms with Gasteiger partial charge in [-0.2, -0.15) is 4.98 Å². The normalized spacial score (nSPS) is 24.7. The summed E-state index contributed by atoms with van der Waals surface area (Å²) >= 11 is 5.99. The molecular weight excluding hydrogens is 306 g/mol. The van der Waals surface area contributed by atoms with Gasteiger partial charge in [0, 0.05) is 12.0 Å². The first-order valence-corrected chi connectivity index (χ1v) is 7.64. The van der Waals surface area contributed by atoms with Gasteiger partial charge >= 0.3 is 0 Å². The van der Waals surface area contributed by atoms with Crippen molar-refractivity contribution in [1.29, 1.82) is 0 Å². The molecule has 1 heterocycles. The van der Waals surface area contributed by atoms with Crippen molar-refractivity contribution in [2.45, 2.75) is 26.7 Å². The molecule has 0 saturated heterocycles. The first-order valence-electron chi connectivity index (χ1n) is 7.26. The van der Waals surface area contributed by atoms with Gasteiger partial charge in [-0.15, -0.1) is 0 Å². The summed E-state index contributed by atoms with van der Waals surface area (Å²) in [5.74, 6) is 1.68. The fourth-order valence-electron chi connectivity index (χ4n) is 2.89. The highest BCUT2D eigenvalue weighted by Crippen LogP contribution is 2.48. The molecule has 0 atom stereocenters. The Morgan fingerprint density at radius 2 is 2.18 bits per heavy atom. The molecule has 2 rings (SSSR count). The summed E-state index contributed by atoms with van der Waals surface area (Å²) in [6.45, 7) is 5.05. The molecule has 0 bridgehead atoms. The van der Waals surface area contributed by atoms with Crippen LogP contribution in [0.2, 0.25) is 5.15 Å². The highest BCUT2D eigenvalue weighted by molar-refractivity contribution is 6.32. The molecule has 1 aromatic rings. The topological polar surface area (TPSA) is 117 Å². The van der Waals surface area contributed by atoms with Crippen LogP contribution in [0.4, 0.5) is 11.8 Å². The summed E-state index contributed by atoms with van der Waals surface area (Å²) in [7, 11) is 0. The summed E-state index contributed by atoms with van der Waals surface area (Å²) in [6.07, 6.45) is 3.09. The zero-order valence-electron chi connectivity index (χ0n) is 12.8. The number of nitrogens with one attached hydrogen (secondary N) is 1. The fourth-order valence-corrected chi connectivity index (χ4v) is 3.11. The van der Waals surface area contributed by atoms with Gasteiger partial charge in [0.15, 0.2) is 0 Å². The fraction of sp³-hybridized carbons (Fsp3) is 0.643.